The summed E-state index contributed by atoms with van der Waals surface area (Å²) in [6.45, 7) is 7.35. The van der Waals surface area contributed by atoms with Crippen LogP contribution in [0.2, 0.25) is 0 Å². The third-order valence-corrected chi connectivity index (χ3v) is 3.48. The van der Waals surface area contributed by atoms with Gasteiger partial charge in [-0.3, -0.25) is 0 Å². The maximum Gasteiger partial charge on any atom is 0.123 e. The highest BCUT2D eigenvalue weighted by molar-refractivity contribution is 5.38. The van der Waals surface area contributed by atoms with Gasteiger partial charge in [0.05, 0.1) is 14.2 Å². The van der Waals surface area contributed by atoms with E-state index >= 15 is 0 Å². The summed E-state index contributed by atoms with van der Waals surface area (Å²) in [4.78, 5) is 1.54. The number of rotatable bonds is 4. The first-order valence-corrected chi connectivity index (χ1v) is 6.81. The molecule has 0 aliphatic carbocycles. The largest absolute Gasteiger partial charge is 0.497 e. The summed E-state index contributed by atoms with van der Waals surface area (Å²) in [6.07, 6.45) is 0.650. The fourth-order valence-electron chi connectivity index (χ4n) is 2.79. The van der Waals surface area contributed by atoms with Crippen LogP contribution in [0.3, 0.4) is 0 Å². The first kappa shape index (κ1) is 14.2. The highest BCUT2D eigenvalue weighted by atomic mass is 16.5. The fourth-order valence-corrected chi connectivity index (χ4v) is 2.79. The van der Waals surface area contributed by atoms with Crippen molar-refractivity contribution in [3.63, 3.8) is 0 Å². The van der Waals surface area contributed by atoms with Crippen LogP contribution in [0.5, 0.6) is 11.5 Å². The van der Waals surface area contributed by atoms with Crippen molar-refractivity contribution in [1.29, 1.82) is 0 Å². The molecule has 19 heavy (non-hydrogen) atoms. The number of nitrogens with one attached hydrogen (secondary N) is 1. The highest BCUT2D eigenvalue weighted by Gasteiger charge is 2.25. The van der Waals surface area contributed by atoms with Crippen molar-refractivity contribution in [3.05, 3.63) is 23.8 Å². The summed E-state index contributed by atoms with van der Waals surface area (Å²) < 4.78 is 16.4. The van der Waals surface area contributed by atoms with Gasteiger partial charge in [0.15, 0.2) is 0 Å². The Labute approximate surface area is 115 Å². The van der Waals surface area contributed by atoms with Gasteiger partial charge in [0, 0.05) is 11.6 Å². The van der Waals surface area contributed by atoms with Crippen molar-refractivity contribution in [1.82, 2.24) is 0 Å². The maximum absolute atomic E-state index is 5.77. The molecule has 106 valence electrons. The first-order valence-electron chi connectivity index (χ1n) is 6.81. The summed E-state index contributed by atoms with van der Waals surface area (Å²) in [5.41, 5.74) is 1.24. The minimum Gasteiger partial charge on any atom is -0.497 e. The van der Waals surface area contributed by atoms with Gasteiger partial charge in [-0.05, 0) is 26.0 Å². The average molecular weight is 266 g/mol. The second kappa shape index (κ2) is 6.26. The van der Waals surface area contributed by atoms with Gasteiger partial charge < -0.3 is 19.1 Å². The van der Waals surface area contributed by atoms with E-state index in [4.69, 9.17) is 14.2 Å². The molecular formula is C15H24NO3+. The molecule has 1 aromatic rings. The number of benzene rings is 1. The molecule has 0 saturated carbocycles. The summed E-state index contributed by atoms with van der Waals surface area (Å²) in [6, 6.07) is 6.07. The van der Waals surface area contributed by atoms with Crippen LogP contribution in [-0.2, 0) is 11.3 Å². The number of hydrogen-bond acceptors (Lipinski definition) is 3. The Hall–Kier alpha value is -1.26. The summed E-state index contributed by atoms with van der Waals surface area (Å²) >= 11 is 0. The smallest absolute Gasteiger partial charge is 0.123 e. The van der Waals surface area contributed by atoms with E-state index < -0.39 is 0 Å². The van der Waals surface area contributed by atoms with Crippen LogP contribution in [0.4, 0.5) is 0 Å². The van der Waals surface area contributed by atoms with Crippen molar-refractivity contribution in [2.24, 2.45) is 0 Å². The zero-order chi connectivity index (χ0) is 13.8. The Balaban J connectivity index is 2.09. The van der Waals surface area contributed by atoms with E-state index in [1.165, 1.54) is 5.56 Å². The summed E-state index contributed by atoms with van der Waals surface area (Å²) in [5, 5.41) is 0. The zero-order valence-corrected chi connectivity index (χ0v) is 12.2. The minimum absolute atomic E-state index is 0.325. The van der Waals surface area contributed by atoms with E-state index in [2.05, 4.69) is 26.0 Å². The van der Waals surface area contributed by atoms with Crippen molar-refractivity contribution in [2.45, 2.75) is 32.6 Å². The van der Waals surface area contributed by atoms with Crippen LogP contribution in [0.25, 0.3) is 0 Å². The molecule has 4 heteroatoms. The number of methoxy groups -OCH3 is 2. The van der Waals surface area contributed by atoms with Crippen LogP contribution in [0, 0.1) is 0 Å². The summed E-state index contributed by atoms with van der Waals surface area (Å²) in [5.74, 6) is 1.70. The molecule has 0 aromatic heterocycles. The van der Waals surface area contributed by atoms with Gasteiger partial charge in [0.25, 0.3) is 0 Å². The van der Waals surface area contributed by atoms with Gasteiger partial charge in [-0.25, -0.2) is 0 Å². The van der Waals surface area contributed by atoms with Crippen LogP contribution in [0.15, 0.2) is 18.2 Å². The van der Waals surface area contributed by atoms with E-state index in [9.17, 15) is 0 Å². The van der Waals surface area contributed by atoms with Crippen molar-refractivity contribution in [2.75, 3.05) is 27.3 Å². The lowest BCUT2D eigenvalue weighted by Gasteiger charge is -2.32. The molecule has 2 rings (SSSR count). The third kappa shape index (κ3) is 3.85. The molecular weight excluding hydrogens is 242 g/mol. The molecule has 1 aliphatic rings. The molecule has 1 N–H and O–H groups in total. The van der Waals surface area contributed by atoms with Crippen LogP contribution >= 0.6 is 0 Å². The maximum atomic E-state index is 5.77. The van der Waals surface area contributed by atoms with Crippen molar-refractivity contribution >= 4 is 0 Å². The molecule has 1 saturated heterocycles. The molecule has 1 heterocycles. The Morgan fingerprint density at radius 2 is 1.58 bits per heavy atom. The summed E-state index contributed by atoms with van der Waals surface area (Å²) in [7, 11) is 3.37. The predicted octanol–water partition coefficient (Wildman–Crippen LogP) is 0.896. The topological polar surface area (TPSA) is 32.1 Å². The van der Waals surface area contributed by atoms with E-state index in [0.717, 1.165) is 31.1 Å². The molecule has 0 unspecified atom stereocenters. The molecule has 2 atom stereocenters. The van der Waals surface area contributed by atoms with Crippen LogP contribution in [0.1, 0.15) is 19.4 Å². The lowest BCUT2D eigenvalue weighted by molar-refractivity contribution is -0.928. The van der Waals surface area contributed by atoms with Gasteiger partial charge in [0.1, 0.15) is 43.3 Å². The normalized spacial score (nSPS) is 27.1. The lowest BCUT2D eigenvalue weighted by atomic mass is 10.1. The molecule has 0 amide bonds. The van der Waals surface area contributed by atoms with Crippen molar-refractivity contribution < 1.29 is 19.1 Å². The average Bonchev–Trinajstić information content (AvgIpc) is 2.37. The van der Waals surface area contributed by atoms with Gasteiger partial charge in [0.2, 0.25) is 0 Å². The van der Waals surface area contributed by atoms with Gasteiger partial charge in [-0.2, -0.15) is 0 Å². The van der Waals surface area contributed by atoms with E-state index in [0.29, 0.717) is 12.2 Å². The standard InChI is InChI=1S/C15H23NO3/c1-11-8-16(9-12(2)19-11)10-13-5-14(17-3)7-15(6-13)18-4/h5-7,11-12H,8-10H2,1-4H3/p+1/t11-,12-/m1/s1. The molecule has 4 nitrogen and oxygen atoms in total. The molecule has 1 aliphatic heterocycles. The lowest BCUT2D eigenvalue weighted by Crippen LogP contribution is -3.14. The van der Waals surface area contributed by atoms with E-state index in [-0.39, 0.29) is 0 Å². The number of hydrogen-bond donors (Lipinski definition) is 1. The molecule has 1 aromatic carbocycles. The second-order valence-electron chi connectivity index (χ2n) is 5.31. The van der Waals surface area contributed by atoms with Gasteiger partial charge >= 0.3 is 0 Å². The number of morpholine rings is 1. The monoisotopic (exact) mass is 266 g/mol. The molecule has 0 radical (unpaired) electrons. The van der Waals surface area contributed by atoms with Crippen molar-refractivity contribution in [3.8, 4) is 11.5 Å². The predicted molar refractivity (Wildman–Crippen MR) is 74.0 cm³/mol. The molecule has 0 spiro atoms. The Bertz CT molecular complexity index is 390. The minimum atomic E-state index is 0.325. The van der Waals surface area contributed by atoms with Gasteiger partial charge in [-0.15, -0.1) is 0 Å². The van der Waals surface area contributed by atoms with Gasteiger partial charge in [-0.1, -0.05) is 0 Å². The number of ether oxygens (including phenoxy) is 3. The van der Waals surface area contributed by atoms with Crippen LogP contribution in [-0.4, -0.2) is 39.5 Å². The third-order valence-electron chi connectivity index (χ3n) is 3.48. The number of quaternary nitrogens is 1. The Morgan fingerprint density at radius 1 is 1.05 bits per heavy atom. The molecule has 0 bridgehead atoms. The van der Waals surface area contributed by atoms with E-state index in [1.54, 1.807) is 19.1 Å². The quantitative estimate of drug-likeness (QED) is 0.878. The zero-order valence-electron chi connectivity index (χ0n) is 12.2. The Morgan fingerprint density at radius 3 is 2.05 bits per heavy atom. The SMILES string of the molecule is COc1cc(C[NH+]2C[C@@H](C)O[C@H](C)C2)cc(OC)c1. The fraction of sp³-hybridized carbons (Fsp3) is 0.600. The van der Waals surface area contributed by atoms with Crippen LogP contribution < -0.4 is 14.4 Å². The van der Waals surface area contributed by atoms with E-state index in [1.807, 2.05) is 6.07 Å². The first-order chi connectivity index (χ1) is 9.10. The second-order valence-corrected chi connectivity index (χ2v) is 5.31. The molecule has 1 fully saturated rings. The highest BCUT2D eigenvalue weighted by Crippen LogP contribution is 2.22. The Kier molecular flexibility index (Phi) is 4.66.